The van der Waals surface area contributed by atoms with Gasteiger partial charge in [0.15, 0.2) is 6.29 Å². The number of aromatic nitrogens is 1. The Kier molecular flexibility index (Phi) is 4.23. The Hall–Kier alpha value is -1.58. The molecule has 0 aromatic carbocycles. The number of pyridine rings is 1. The van der Waals surface area contributed by atoms with Crippen molar-refractivity contribution in [1.82, 2.24) is 4.98 Å². The van der Waals surface area contributed by atoms with Crippen molar-refractivity contribution < 1.29 is 4.79 Å². The highest BCUT2D eigenvalue weighted by atomic mass is 16.1. The molecule has 0 bridgehead atoms. The first-order valence-corrected chi connectivity index (χ1v) is 6.55. The molecule has 0 amide bonds. The summed E-state index contributed by atoms with van der Waals surface area (Å²) in [6.07, 6.45) is 0.858. The van der Waals surface area contributed by atoms with Crippen LogP contribution in [0.5, 0.6) is 0 Å². The molecule has 106 valence electrons. The Labute approximate surface area is 116 Å². The second-order valence-corrected chi connectivity index (χ2v) is 6.95. The second kappa shape index (κ2) is 5.19. The van der Waals surface area contributed by atoms with Crippen LogP contribution in [0.2, 0.25) is 0 Å². The first-order chi connectivity index (χ1) is 8.52. The maximum atomic E-state index is 11.2. The van der Waals surface area contributed by atoms with Crippen LogP contribution in [-0.4, -0.2) is 22.3 Å². The zero-order valence-corrected chi connectivity index (χ0v) is 13.0. The number of aldehydes is 1. The second-order valence-electron chi connectivity index (χ2n) is 6.95. The lowest BCUT2D eigenvalue weighted by molar-refractivity contribution is 0.112. The number of nitrogens with zero attached hydrogens (tertiary/aromatic N) is 1. The van der Waals surface area contributed by atoms with Crippen molar-refractivity contribution in [1.29, 1.82) is 0 Å². The maximum Gasteiger partial charge on any atom is 0.154 e. The minimum Gasteiger partial charge on any atom is -0.365 e. The van der Waals surface area contributed by atoms with Crippen LogP contribution in [0.3, 0.4) is 0 Å². The first-order valence-electron chi connectivity index (χ1n) is 6.55. The van der Waals surface area contributed by atoms with Gasteiger partial charge >= 0.3 is 0 Å². The summed E-state index contributed by atoms with van der Waals surface area (Å²) >= 11 is 0. The molecule has 4 nitrogen and oxygen atoms in total. The van der Waals surface area contributed by atoms with Crippen molar-refractivity contribution in [2.24, 2.45) is 0 Å². The van der Waals surface area contributed by atoms with E-state index in [4.69, 9.17) is 0 Å². The maximum absolute atomic E-state index is 11.2. The zero-order valence-electron chi connectivity index (χ0n) is 13.0. The fourth-order valence-corrected chi connectivity index (χ4v) is 1.73. The van der Waals surface area contributed by atoms with Gasteiger partial charge in [-0.25, -0.2) is 4.98 Å². The number of rotatable bonds is 3. The van der Waals surface area contributed by atoms with Gasteiger partial charge in [0, 0.05) is 11.1 Å². The van der Waals surface area contributed by atoms with Crippen molar-refractivity contribution in [2.45, 2.75) is 59.5 Å². The van der Waals surface area contributed by atoms with Gasteiger partial charge in [-0.2, -0.15) is 0 Å². The number of hydrogen-bond acceptors (Lipinski definition) is 4. The van der Waals surface area contributed by atoms with Gasteiger partial charge in [-0.3, -0.25) is 4.79 Å². The van der Waals surface area contributed by atoms with Gasteiger partial charge in [0.1, 0.15) is 11.6 Å². The number of hydrogen-bond donors (Lipinski definition) is 2. The molecule has 0 spiro atoms. The summed E-state index contributed by atoms with van der Waals surface area (Å²) in [6.45, 7) is 14.3. The number of anilines is 2. The van der Waals surface area contributed by atoms with Crippen molar-refractivity contribution in [3.05, 3.63) is 17.2 Å². The largest absolute Gasteiger partial charge is 0.365 e. The third-order valence-electron chi connectivity index (χ3n) is 2.38. The quantitative estimate of drug-likeness (QED) is 0.818. The smallest absolute Gasteiger partial charge is 0.154 e. The van der Waals surface area contributed by atoms with E-state index in [0.717, 1.165) is 17.7 Å². The Balaban J connectivity index is 3.22. The Bertz CT molecular complexity index is 468. The molecular formula is C15H25N3O. The van der Waals surface area contributed by atoms with Crippen LogP contribution in [0.4, 0.5) is 11.6 Å². The van der Waals surface area contributed by atoms with Crippen LogP contribution in [0, 0.1) is 6.92 Å². The summed E-state index contributed by atoms with van der Waals surface area (Å²) < 4.78 is 0. The Morgan fingerprint density at radius 1 is 1.05 bits per heavy atom. The molecule has 0 saturated heterocycles. The predicted octanol–water partition coefficient (Wildman–Crippen LogP) is 3.62. The number of carbonyl (C=O) groups excluding carboxylic acids is 1. The van der Waals surface area contributed by atoms with Gasteiger partial charge in [-0.1, -0.05) is 0 Å². The molecule has 0 radical (unpaired) electrons. The van der Waals surface area contributed by atoms with Crippen molar-refractivity contribution in [3.63, 3.8) is 0 Å². The molecule has 1 heterocycles. The van der Waals surface area contributed by atoms with Crippen LogP contribution in [0.15, 0.2) is 6.07 Å². The summed E-state index contributed by atoms with van der Waals surface area (Å²) in [7, 11) is 0. The highest BCUT2D eigenvalue weighted by Gasteiger charge is 2.18. The van der Waals surface area contributed by atoms with E-state index in [1.54, 1.807) is 0 Å². The molecule has 2 N–H and O–H groups in total. The van der Waals surface area contributed by atoms with E-state index in [2.05, 4.69) is 36.4 Å². The molecule has 1 rings (SSSR count). The molecular weight excluding hydrogens is 238 g/mol. The van der Waals surface area contributed by atoms with E-state index >= 15 is 0 Å². The summed E-state index contributed by atoms with van der Waals surface area (Å²) in [4.78, 5) is 15.8. The van der Waals surface area contributed by atoms with Crippen LogP contribution < -0.4 is 10.6 Å². The summed E-state index contributed by atoms with van der Waals surface area (Å²) in [5.74, 6) is 1.41. The molecule has 0 aliphatic rings. The summed E-state index contributed by atoms with van der Waals surface area (Å²) in [5.41, 5.74) is 1.33. The Morgan fingerprint density at radius 2 is 1.58 bits per heavy atom. The molecule has 19 heavy (non-hydrogen) atoms. The van der Waals surface area contributed by atoms with E-state index in [1.165, 1.54) is 0 Å². The molecule has 0 fully saturated rings. The van der Waals surface area contributed by atoms with Crippen LogP contribution in [-0.2, 0) is 0 Å². The Morgan fingerprint density at radius 3 is 2.00 bits per heavy atom. The third-order valence-corrected chi connectivity index (χ3v) is 2.38. The number of carbonyl (C=O) groups is 1. The van der Waals surface area contributed by atoms with Gasteiger partial charge in [-0.15, -0.1) is 0 Å². The van der Waals surface area contributed by atoms with Crippen LogP contribution in [0.1, 0.15) is 57.5 Å². The average molecular weight is 263 g/mol. The van der Waals surface area contributed by atoms with Crippen molar-refractivity contribution >= 4 is 17.9 Å². The molecule has 0 atom stereocenters. The normalized spacial score (nSPS) is 12.2. The minimum atomic E-state index is -0.141. The highest BCUT2D eigenvalue weighted by molar-refractivity contribution is 5.85. The predicted molar refractivity (Wildman–Crippen MR) is 81.1 cm³/mol. The number of nitrogens with one attached hydrogen (secondary N) is 2. The molecule has 0 saturated carbocycles. The van der Waals surface area contributed by atoms with Gasteiger partial charge in [0.25, 0.3) is 0 Å². The van der Waals surface area contributed by atoms with E-state index < -0.39 is 0 Å². The minimum absolute atomic E-state index is 0.0683. The molecule has 0 unspecified atom stereocenters. The zero-order chi connectivity index (χ0) is 14.8. The fourth-order valence-electron chi connectivity index (χ4n) is 1.73. The summed E-state index contributed by atoms with van der Waals surface area (Å²) in [6, 6.07) is 1.91. The third kappa shape index (κ3) is 4.89. The van der Waals surface area contributed by atoms with E-state index in [9.17, 15) is 4.79 Å². The lowest BCUT2D eigenvalue weighted by Crippen LogP contribution is -2.29. The lowest BCUT2D eigenvalue weighted by atomic mass is 10.1. The SMILES string of the molecule is Cc1cc(NC(C)(C)C)nc(NC(C)(C)C)c1C=O. The van der Waals surface area contributed by atoms with Gasteiger partial charge in [0.05, 0.1) is 5.56 Å². The number of aryl methyl sites for hydroxylation is 1. The molecule has 4 heteroatoms. The molecule has 0 aliphatic heterocycles. The van der Waals surface area contributed by atoms with Gasteiger partial charge in [0.2, 0.25) is 0 Å². The topological polar surface area (TPSA) is 54.0 Å². The van der Waals surface area contributed by atoms with E-state index in [-0.39, 0.29) is 11.1 Å². The molecule has 0 aliphatic carbocycles. The van der Waals surface area contributed by atoms with E-state index in [0.29, 0.717) is 11.4 Å². The standard InChI is InChI=1S/C15H25N3O/c1-10-8-12(17-14(2,3)4)16-13(11(10)9-19)18-15(5,6)7/h8-9H,1-7H3,(H2,16,17,18). The summed E-state index contributed by atoms with van der Waals surface area (Å²) in [5, 5.41) is 6.62. The monoisotopic (exact) mass is 263 g/mol. The lowest BCUT2D eigenvalue weighted by Gasteiger charge is -2.26. The highest BCUT2D eigenvalue weighted by Crippen LogP contribution is 2.24. The first kappa shape index (κ1) is 15.5. The van der Waals surface area contributed by atoms with E-state index in [1.807, 2.05) is 33.8 Å². The van der Waals surface area contributed by atoms with Crippen molar-refractivity contribution in [3.8, 4) is 0 Å². The van der Waals surface area contributed by atoms with Crippen molar-refractivity contribution in [2.75, 3.05) is 10.6 Å². The molecule has 1 aromatic heterocycles. The molecule has 1 aromatic rings. The van der Waals surface area contributed by atoms with Crippen LogP contribution in [0.25, 0.3) is 0 Å². The van der Waals surface area contributed by atoms with Gasteiger partial charge in [-0.05, 0) is 60.1 Å². The van der Waals surface area contributed by atoms with Gasteiger partial charge < -0.3 is 10.6 Å². The fraction of sp³-hybridized carbons (Fsp3) is 0.600. The van der Waals surface area contributed by atoms with Crippen LogP contribution >= 0.6 is 0 Å². The average Bonchev–Trinajstić information content (AvgIpc) is 2.11.